The molecule has 1 heterocycles. The van der Waals surface area contributed by atoms with Crippen LogP contribution in [-0.4, -0.2) is 59.7 Å². The zero-order valence-electron chi connectivity index (χ0n) is 11.7. The molecular weight excluding hydrogens is 274 g/mol. The Morgan fingerprint density at radius 1 is 1.14 bits per heavy atom. The number of hydroxylamine groups is 1. The third-order valence-corrected chi connectivity index (χ3v) is 3.26. The Hall–Kier alpha value is -2.12. The monoisotopic (exact) mass is 293 g/mol. The third kappa shape index (κ3) is 5.05. The highest BCUT2D eigenvalue weighted by molar-refractivity contribution is 5.73. The lowest BCUT2D eigenvalue weighted by atomic mass is 10.2. The minimum atomic E-state index is -1.12. The number of carbonyl (C=O) groups excluding carboxylic acids is 1. The average molecular weight is 293 g/mol. The number of carboxylic acids is 1. The van der Waals surface area contributed by atoms with Gasteiger partial charge in [-0.15, -0.1) is 0 Å². The zero-order chi connectivity index (χ0) is 15.1. The maximum absolute atomic E-state index is 11.7. The van der Waals surface area contributed by atoms with E-state index in [2.05, 4.69) is 27.4 Å². The lowest BCUT2D eigenvalue weighted by Gasteiger charge is -2.34. The number of hydrogen-bond acceptors (Lipinski definition) is 4. The van der Waals surface area contributed by atoms with Gasteiger partial charge < -0.3 is 10.0 Å². The molecule has 0 spiro atoms. The molecule has 0 bridgehead atoms. The van der Waals surface area contributed by atoms with Crippen molar-refractivity contribution in [3.8, 4) is 0 Å². The van der Waals surface area contributed by atoms with Crippen LogP contribution in [0.2, 0.25) is 0 Å². The Labute approximate surface area is 123 Å². The van der Waals surface area contributed by atoms with Crippen LogP contribution in [0, 0.1) is 0 Å². The molecule has 0 radical (unpaired) electrons. The number of aliphatic carboxylic acids is 1. The number of rotatable bonds is 5. The first-order chi connectivity index (χ1) is 10.1. The first-order valence-corrected chi connectivity index (χ1v) is 6.80. The Morgan fingerprint density at radius 2 is 1.81 bits per heavy atom. The molecule has 7 heteroatoms. The predicted octanol–water partition coefficient (Wildman–Crippen LogP) is 0.530. The van der Waals surface area contributed by atoms with E-state index in [0.29, 0.717) is 13.1 Å². The zero-order valence-corrected chi connectivity index (χ0v) is 11.7. The maximum Gasteiger partial charge on any atom is 0.341 e. The SMILES string of the molecule is O=C(O)CONC(=O)N1CCN(Cc2ccccc2)CC1. The van der Waals surface area contributed by atoms with E-state index >= 15 is 0 Å². The van der Waals surface area contributed by atoms with E-state index in [1.54, 1.807) is 4.90 Å². The van der Waals surface area contributed by atoms with Crippen LogP contribution < -0.4 is 5.48 Å². The maximum atomic E-state index is 11.7. The summed E-state index contributed by atoms with van der Waals surface area (Å²) in [5.41, 5.74) is 3.39. The standard InChI is InChI=1S/C14H19N3O4/c18-13(19)11-21-15-14(20)17-8-6-16(7-9-17)10-12-4-2-1-3-5-12/h1-5H,6-11H2,(H,15,20)(H,18,19). The van der Waals surface area contributed by atoms with Crippen molar-refractivity contribution in [3.63, 3.8) is 0 Å². The molecule has 1 aromatic rings. The highest BCUT2D eigenvalue weighted by Gasteiger charge is 2.21. The van der Waals surface area contributed by atoms with Crippen LogP contribution in [0.4, 0.5) is 4.79 Å². The number of piperazine rings is 1. The number of amides is 2. The van der Waals surface area contributed by atoms with Gasteiger partial charge in [-0.3, -0.25) is 9.74 Å². The van der Waals surface area contributed by atoms with Crippen molar-refractivity contribution >= 4 is 12.0 Å². The summed E-state index contributed by atoms with van der Waals surface area (Å²) >= 11 is 0. The van der Waals surface area contributed by atoms with Gasteiger partial charge in [-0.05, 0) is 5.56 Å². The lowest BCUT2D eigenvalue weighted by Crippen LogP contribution is -2.51. The summed E-state index contributed by atoms with van der Waals surface area (Å²) in [5, 5.41) is 8.42. The molecule has 1 aliphatic heterocycles. The summed E-state index contributed by atoms with van der Waals surface area (Å²) in [7, 11) is 0. The minimum Gasteiger partial charge on any atom is -0.479 e. The van der Waals surface area contributed by atoms with Gasteiger partial charge in [0.1, 0.15) is 0 Å². The summed E-state index contributed by atoms with van der Waals surface area (Å²) in [6, 6.07) is 9.79. The highest BCUT2D eigenvalue weighted by atomic mass is 16.7. The van der Waals surface area contributed by atoms with E-state index in [1.807, 2.05) is 18.2 Å². The first-order valence-electron chi connectivity index (χ1n) is 6.80. The molecule has 0 aliphatic carbocycles. The van der Waals surface area contributed by atoms with E-state index in [9.17, 15) is 9.59 Å². The summed E-state index contributed by atoms with van der Waals surface area (Å²) in [6.07, 6.45) is 0. The normalized spacial score (nSPS) is 15.7. The van der Waals surface area contributed by atoms with Gasteiger partial charge in [-0.2, -0.15) is 0 Å². The number of benzene rings is 1. The number of nitrogens with zero attached hydrogens (tertiary/aromatic N) is 2. The van der Waals surface area contributed by atoms with E-state index in [-0.39, 0.29) is 0 Å². The second-order valence-electron chi connectivity index (χ2n) is 4.84. The Balaban J connectivity index is 1.70. The number of nitrogens with one attached hydrogen (secondary N) is 1. The summed E-state index contributed by atoms with van der Waals surface area (Å²) < 4.78 is 0. The van der Waals surface area contributed by atoms with Gasteiger partial charge >= 0.3 is 12.0 Å². The molecule has 7 nitrogen and oxygen atoms in total. The molecule has 21 heavy (non-hydrogen) atoms. The van der Waals surface area contributed by atoms with Gasteiger partial charge in [0.25, 0.3) is 0 Å². The summed E-state index contributed by atoms with van der Waals surface area (Å²) in [5.74, 6) is -1.12. The second-order valence-corrected chi connectivity index (χ2v) is 4.84. The van der Waals surface area contributed by atoms with Crippen molar-refractivity contribution in [2.24, 2.45) is 0 Å². The van der Waals surface area contributed by atoms with Gasteiger partial charge in [0.2, 0.25) is 0 Å². The number of urea groups is 1. The molecule has 2 N–H and O–H groups in total. The molecule has 0 unspecified atom stereocenters. The fourth-order valence-corrected chi connectivity index (χ4v) is 2.17. The van der Waals surface area contributed by atoms with Gasteiger partial charge in [0.05, 0.1) is 0 Å². The van der Waals surface area contributed by atoms with Crippen molar-refractivity contribution < 1.29 is 19.5 Å². The van der Waals surface area contributed by atoms with Crippen LogP contribution in [0.3, 0.4) is 0 Å². The molecule has 1 fully saturated rings. The Kier molecular flexibility index (Phi) is 5.53. The van der Waals surface area contributed by atoms with Crippen molar-refractivity contribution in [2.45, 2.75) is 6.54 Å². The van der Waals surface area contributed by atoms with Crippen LogP contribution >= 0.6 is 0 Å². The minimum absolute atomic E-state index is 0.393. The van der Waals surface area contributed by atoms with Crippen LogP contribution in [0.5, 0.6) is 0 Å². The van der Waals surface area contributed by atoms with E-state index in [1.165, 1.54) is 5.56 Å². The molecule has 1 saturated heterocycles. The fourth-order valence-electron chi connectivity index (χ4n) is 2.17. The molecule has 0 aromatic heterocycles. The van der Waals surface area contributed by atoms with Crippen molar-refractivity contribution in [2.75, 3.05) is 32.8 Å². The summed E-state index contributed by atoms with van der Waals surface area (Å²) in [6.45, 7) is 3.07. The molecule has 1 aromatic carbocycles. The number of hydrogen-bond donors (Lipinski definition) is 2. The molecule has 1 aliphatic rings. The van der Waals surface area contributed by atoms with E-state index < -0.39 is 18.6 Å². The largest absolute Gasteiger partial charge is 0.479 e. The smallest absolute Gasteiger partial charge is 0.341 e. The Bertz CT molecular complexity index is 472. The lowest BCUT2D eigenvalue weighted by molar-refractivity contribution is -0.144. The van der Waals surface area contributed by atoms with Crippen molar-refractivity contribution in [1.82, 2.24) is 15.3 Å². The number of carbonyl (C=O) groups is 2. The van der Waals surface area contributed by atoms with Crippen LogP contribution in [0.15, 0.2) is 30.3 Å². The molecule has 2 amide bonds. The topological polar surface area (TPSA) is 82.1 Å². The summed E-state index contributed by atoms with van der Waals surface area (Å²) in [4.78, 5) is 30.5. The van der Waals surface area contributed by atoms with Gasteiger partial charge in [-0.1, -0.05) is 30.3 Å². The Morgan fingerprint density at radius 3 is 2.43 bits per heavy atom. The molecule has 0 saturated carbocycles. The average Bonchev–Trinajstić information content (AvgIpc) is 2.48. The molecule has 114 valence electrons. The van der Waals surface area contributed by atoms with Gasteiger partial charge in [0.15, 0.2) is 6.61 Å². The predicted molar refractivity (Wildman–Crippen MR) is 75.4 cm³/mol. The third-order valence-electron chi connectivity index (χ3n) is 3.26. The first kappa shape index (κ1) is 15.3. The molecule has 0 atom stereocenters. The molecular formula is C14H19N3O4. The number of carboxylic acid groups (broad SMARTS) is 1. The van der Waals surface area contributed by atoms with Crippen molar-refractivity contribution in [3.05, 3.63) is 35.9 Å². The fraction of sp³-hybridized carbons (Fsp3) is 0.429. The van der Waals surface area contributed by atoms with Gasteiger partial charge in [0, 0.05) is 32.7 Å². The van der Waals surface area contributed by atoms with E-state index in [4.69, 9.17) is 5.11 Å². The van der Waals surface area contributed by atoms with Crippen LogP contribution in [0.1, 0.15) is 5.56 Å². The van der Waals surface area contributed by atoms with E-state index in [0.717, 1.165) is 19.6 Å². The van der Waals surface area contributed by atoms with Crippen LogP contribution in [-0.2, 0) is 16.2 Å². The van der Waals surface area contributed by atoms with Crippen molar-refractivity contribution in [1.29, 1.82) is 0 Å². The second kappa shape index (κ2) is 7.61. The van der Waals surface area contributed by atoms with Gasteiger partial charge in [-0.25, -0.2) is 15.1 Å². The molecule has 2 rings (SSSR count). The van der Waals surface area contributed by atoms with Crippen LogP contribution in [0.25, 0.3) is 0 Å². The highest BCUT2D eigenvalue weighted by Crippen LogP contribution is 2.08. The quantitative estimate of drug-likeness (QED) is 0.774.